The minimum atomic E-state index is -1.08. The van der Waals surface area contributed by atoms with Crippen LogP contribution in [0, 0.1) is 6.92 Å². The van der Waals surface area contributed by atoms with Crippen molar-refractivity contribution in [1.82, 2.24) is 9.97 Å². The van der Waals surface area contributed by atoms with Crippen molar-refractivity contribution in [2.75, 3.05) is 0 Å². The summed E-state index contributed by atoms with van der Waals surface area (Å²) in [6.07, 6.45) is 0. The lowest BCUT2D eigenvalue weighted by atomic mass is 10.2. The van der Waals surface area contributed by atoms with Gasteiger partial charge in [0.2, 0.25) is 0 Å². The highest BCUT2D eigenvalue weighted by molar-refractivity contribution is 6.30. The predicted octanol–water partition coefficient (Wildman–Crippen LogP) is 2.26. The molecule has 0 amide bonds. The van der Waals surface area contributed by atoms with Crippen molar-refractivity contribution in [3.63, 3.8) is 0 Å². The second-order valence-electron chi connectivity index (χ2n) is 3.31. The normalized spacial score (nSPS) is 10.6. The first kappa shape index (κ1) is 10.9. The number of hydrogen-bond donors (Lipinski definition) is 1. The van der Waals surface area contributed by atoms with E-state index in [1.54, 1.807) is 6.92 Å². The molecule has 76 valence electrons. The van der Waals surface area contributed by atoms with Gasteiger partial charge < -0.3 is 5.11 Å². The van der Waals surface area contributed by atoms with Crippen molar-refractivity contribution < 1.29 is 9.90 Å². The van der Waals surface area contributed by atoms with Gasteiger partial charge in [0.1, 0.15) is 11.0 Å². The Bertz CT molecular complexity index is 377. The van der Waals surface area contributed by atoms with Crippen LogP contribution in [0.2, 0.25) is 5.15 Å². The van der Waals surface area contributed by atoms with E-state index >= 15 is 0 Å². The maximum atomic E-state index is 10.8. The van der Waals surface area contributed by atoms with Crippen LogP contribution in [0.4, 0.5) is 0 Å². The minimum absolute atomic E-state index is 0.0197. The van der Waals surface area contributed by atoms with Gasteiger partial charge in [-0.15, -0.1) is 0 Å². The molecule has 0 saturated heterocycles. The Hall–Kier alpha value is -1.16. The fourth-order valence-corrected chi connectivity index (χ4v) is 1.15. The first-order chi connectivity index (χ1) is 6.43. The standard InChI is InChI=1S/C9H11ClN2O2/c1-4(2)8-11-6(9(13)14)5(3)7(10)12-8/h4H,1-3H3,(H,13,14). The Balaban J connectivity index is 3.35. The van der Waals surface area contributed by atoms with Gasteiger partial charge in [-0.1, -0.05) is 25.4 Å². The van der Waals surface area contributed by atoms with E-state index in [0.717, 1.165) is 0 Å². The third-order valence-corrected chi connectivity index (χ3v) is 2.19. The minimum Gasteiger partial charge on any atom is -0.476 e. The molecule has 0 bridgehead atoms. The number of aromatic nitrogens is 2. The van der Waals surface area contributed by atoms with Crippen LogP contribution in [0.5, 0.6) is 0 Å². The van der Waals surface area contributed by atoms with Crippen molar-refractivity contribution >= 4 is 17.6 Å². The Morgan fingerprint density at radius 3 is 2.43 bits per heavy atom. The van der Waals surface area contributed by atoms with Gasteiger partial charge in [0, 0.05) is 11.5 Å². The van der Waals surface area contributed by atoms with Crippen molar-refractivity contribution in [3.05, 3.63) is 22.2 Å². The third kappa shape index (κ3) is 2.01. The molecule has 1 aromatic rings. The number of carbonyl (C=O) groups is 1. The van der Waals surface area contributed by atoms with Crippen molar-refractivity contribution in [2.24, 2.45) is 0 Å². The van der Waals surface area contributed by atoms with Gasteiger partial charge in [0.05, 0.1) is 0 Å². The summed E-state index contributed by atoms with van der Waals surface area (Å²) < 4.78 is 0. The van der Waals surface area contributed by atoms with Gasteiger partial charge >= 0.3 is 5.97 Å². The van der Waals surface area contributed by atoms with Crippen molar-refractivity contribution in [3.8, 4) is 0 Å². The van der Waals surface area contributed by atoms with Crippen molar-refractivity contribution in [2.45, 2.75) is 26.7 Å². The van der Waals surface area contributed by atoms with Gasteiger partial charge in [0.15, 0.2) is 5.69 Å². The van der Waals surface area contributed by atoms with E-state index in [2.05, 4.69) is 9.97 Å². The molecule has 0 aromatic carbocycles. The number of carboxylic acid groups (broad SMARTS) is 1. The summed E-state index contributed by atoms with van der Waals surface area (Å²) in [4.78, 5) is 18.7. The zero-order valence-corrected chi connectivity index (χ0v) is 8.96. The topological polar surface area (TPSA) is 63.1 Å². The molecule has 0 fully saturated rings. The molecule has 0 radical (unpaired) electrons. The van der Waals surface area contributed by atoms with Gasteiger partial charge in [-0.05, 0) is 6.92 Å². The van der Waals surface area contributed by atoms with Gasteiger partial charge in [-0.2, -0.15) is 0 Å². The van der Waals surface area contributed by atoms with E-state index in [0.29, 0.717) is 11.4 Å². The van der Waals surface area contributed by atoms with Crippen molar-refractivity contribution in [1.29, 1.82) is 0 Å². The summed E-state index contributed by atoms with van der Waals surface area (Å²) in [5, 5.41) is 9.06. The Kier molecular flexibility index (Phi) is 3.06. The molecule has 1 N–H and O–H groups in total. The molecule has 0 atom stereocenters. The SMILES string of the molecule is Cc1c(Cl)nc(C(C)C)nc1C(=O)O. The van der Waals surface area contributed by atoms with Crippen LogP contribution < -0.4 is 0 Å². The summed E-state index contributed by atoms with van der Waals surface area (Å²) in [6, 6.07) is 0. The summed E-state index contributed by atoms with van der Waals surface area (Å²) in [7, 11) is 0. The molecule has 0 unspecified atom stereocenters. The Labute approximate surface area is 87.0 Å². The second kappa shape index (κ2) is 3.92. The van der Waals surface area contributed by atoms with E-state index in [1.807, 2.05) is 13.8 Å². The molecular weight excluding hydrogens is 204 g/mol. The molecule has 0 aliphatic rings. The third-order valence-electron chi connectivity index (χ3n) is 1.82. The lowest BCUT2D eigenvalue weighted by Crippen LogP contribution is -2.09. The van der Waals surface area contributed by atoms with Crippen LogP contribution >= 0.6 is 11.6 Å². The molecule has 5 heteroatoms. The first-order valence-corrected chi connectivity index (χ1v) is 4.58. The molecule has 4 nitrogen and oxygen atoms in total. The fraction of sp³-hybridized carbons (Fsp3) is 0.444. The van der Waals surface area contributed by atoms with E-state index in [1.165, 1.54) is 0 Å². The monoisotopic (exact) mass is 214 g/mol. The summed E-state index contributed by atoms with van der Waals surface area (Å²) in [5.41, 5.74) is 0.386. The number of carboxylic acids is 1. The number of hydrogen-bond acceptors (Lipinski definition) is 3. The highest BCUT2D eigenvalue weighted by Crippen LogP contribution is 2.19. The summed E-state index contributed by atoms with van der Waals surface area (Å²) >= 11 is 5.79. The maximum absolute atomic E-state index is 10.8. The molecule has 0 aliphatic heterocycles. The van der Waals surface area contributed by atoms with E-state index in [-0.39, 0.29) is 16.8 Å². The van der Waals surface area contributed by atoms with Gasteiger partial charge in [0.25, 0.3) is 0 Å². The van der Waals surface area contributed by atoms with E-state index in [9.17, 15) is 4.79 Å². The lowest BCUT2D eigenvalue weighted by molar-refractivity contribution is 0.0689. The Morgan fingerprint density at radius 2 is 2.00 bits per heavy atom. The molecule has 1 heterocycles. The van der Waals surface area contributed by atoms with Gasteiger partial charge in [-0.25, -0.2) is 14.8 Å². The molecule has 1 aromatic heterocycles. The average Bonchev–Trinajstić information content (AvgIpc) is 2.08. The molecular formula is C9H11ClN2O2. The zero-order valence-electron chi connectivity index (χ0n) is 8.21. The molecule has 0 aliphatic carbocycles. The highest BCUT2D eigenvalue weighted by Gasteiger charge is 2.16. The molecule has 14 heavy (non-hydrogen) atoms. The molecule has 0 spiro atoms. The van der Waals surface area contributed by atoms with Gasteiger partial charge in [-0.3, -0.25) is 0 Å². The number of rotatable bonds is 2. The summed E-state index contributed by atoms with van der Waals surface area (Å²) in [5.74, 6) is -0.557. The largest absolute Gasteiger partial charge is 0.476 e. The number of halogens is 1. The average molecular weight is 215 g/mol. The Morgan fingerprint density at radius 1 is 1.43 bits per heavy atom. The van der Waals surface area contributed by atoms with Crippen LogP contribution in [0.15, 0.2) is 0 Å². The lowest BCUT2D eigenvalue weighted by Gasteiger charge is -2.07. The van der Waals surface area contributed by atoms with Crippen LogP contribution in [0.25, 0.3) is 0 Å². The fourth-order valence-electron chi connectivity index (χ4n) is 0.972. The quantitative estimate of drug-likeness (QED) is 0.767. The maximum Gasteiger partial charge on any atom is 0.354 e. The van der Waals surface area contributed by atoms with Crippen LogP contribution in [0.3, 0.4) is 0 Å². The van der Waals surface area contributed by atoms with E-state index in [4.69, 9.17) is 16.7 Å². The van der Waals surface area contributed by atoms with Crippen LogP contribution in [0.1, 0.15) is 41.6 Å². The highest BCUT2D eigenvalue weighted by atomic mass is 35.5. The summed E-state index contributed by atoms with van der Waals surface area (Å²) in [6.45, 7) is 5.36. The second-order valence-corrected chi connectivity index (χ2v) is 3.66. The molecule has 0 saturated carbocycles. The van der Waals surface area contributed by atoms with Crippen LogP contribution in [-0.4, -0.2) is 21.0 Å². The first-order valence-electron chi connectivity index (χ1n) is 4.20. The zero-order chi connectivity index (χ0) is 10.9. The number of nitrogens with zero attached hydrogens (tertiary/aromatic N) is 2. The smallest absolute Gasteiger partial charge is 0.354 e. The number of aromatic carboxylic acids is 1. The predicted molar refractivity (Wildman–Crippen MR) is 52.8 cm³/mol. The molecule has 1 rings (SSSR count). The van der Waals surface area contributed by atoms with Crippen LogP contribution in [-0.2, 0) is 0 Å². The van der Waals surface area contributed by atoms with E-state index < -0.39 is 5.97 Å².